The van der Waals surface area contributed by atoms with E-state index in [1.165, 1.54) is 0 Å². The lowest BCUT2D eigenvalue weighted by Gasteiger charge is -2.11. The van der Waals surface area contributed by atoms with E-state index in [2.05, 4.69) is 39.6 Å². The van der Waals surface area contributed by atoms with Crippen molar-refractivity contribution < 1.29 is 0 Å². The molecule has 1 aromatic heterocycles. The van der Waals surface area contributed by atoms with E-state index >= 15 is 0 Å². The minimum Gasteiger partial charge on any atom is -0.295 e. The van der Waals surface area contributed by atoms with Crippen molar-refractivity contribution in [2.24, 2.45) is 0 Å². The van der Waals surface area contributed by atoms with Crippen LogP contribution in [0.15, 0.2) is 40.9 Å². The summed E-state index contributed by atoms with van der Waals surface area (Å²) < 4.78 is 2.94. The van der Waals surface area contributed by atoms with E-state index in [0.717, 1.165) is 32.6 Å². The first-order valence-corrected chi connectivity index (χ1v) is 8.17. The van der Waals surface area contributed by atoms with E-state index in [0.29, 0.717) is 5.02 Å². The molecule has 0 aliphatic carbocycles. The first-order valence-electron chi connectivity index (χ1n) is 6.56. The van der Waals surface area contributed by atoms with E-state index in [-0.39, 0.29) is 5.38 Å². The highest BCUT2D eigenvalue weighted by molar-refractivity contribution is 9.10. The molecule has 0 radical (unpaired) electrons. The third-order valence-electron chi connectivity index (χ3n) is 3.43. The summed E-state index contributed by atoms with van der Waals surface area (Å²) in [5.74, 6) is 0.829. The Balaban J connectivity index is 2.36. The van der Waals surface area contributed by atoms with Crippen LogP contribution >= 0.6 is 39.1 Å². The van der Waals surface area contributed by atoms with Crippen LogP contribution in [-0.4, -0.2) is 9.55 Å². The molecule has 0 amide bonds. The maximum absolute atomic E-state index is 6.33. The number of benzene rings is 2. The molecule has 0 fully saturated rings. The molecular formula is C16H13BrCl2N2. The summed E-state index contributed by atoms with van der Waals surface area (Å²) in [6, 6.07) is 12.0. The third-order valence-corrected chi connectivity index (χ3v) is 4.84. The maximum Gasteiger partial charge on any atom is 0.132 e. The molecule has 0 aliphatic rings. The molecular weight excluding hydrogens is 371 g/mol. The van der Waals surface area contributed by atoms with Gasteiger partial charge in [-0.25, -0.2) is 4.98 Å². The van der Waals surface area contributed by atoms with Gasteiger partial charge in [-0.05, 0) is 59.6 Å². The summed E-state index contributed by atoms with van der Waals surface area (Å²) in [5.41, 5.74) is 4.15. The average molecular weight is 384 g/mol. The Labute approximate surface area is 141 Å². The second-order valence-electron chi connectivity index (χ2n) is 4.96. The highest BCUT2D eigenvalue weighted by Gasteiger charge is 2.17. The molecule has 3 aromatic rings. The van der Waals surface area contributed by atoms with Gasteiger partial charge in [-0.1, -0.05) is 23.7 Å². The van der Waals surface area contributed by atoms with Crippen molar-refractivity contribution in [2.75, 3.05) is 0 Å². The van der Waals surface area contributed by atoms with Crippen LogP contribution in [0, 0.1) is 6.92 Å². The SMILES string of the molecule is Cc1cccc2c1nc(C(C)Cl)n2-c1ccc(Cl)c(Br)c1. The predicted octanol–water partition coefficient (Wildman–Crippen LogP) is 6.05. The quantitative estimate of drug-likeness (QED) is 0.492. The minimum atomic E-state index is -0.189. The Bertz CT molecular complexity index is 825. The van der Waals surface area contributed by atoms with Crippen LogP contribution in [0.3, 0.4) is 0 Å². The zero-order valence-electron chi connectivity index (χ0n) is 11.6. The lowest BCUT2D eigenvalue weighted by atomic mass is 10.2. The smallest absolute Gasteiger partial charge is 0.132 e. The van der Waals surface area contributed by atoms with Crippen LogP contribution in [0.4, 0.5) is 0 Å². The fourth-order valence-electron chi connectivity index (χ4n) is 2.42. The van der Waals surface area contributed by atoms with Crippen LogP contribution in [0.1, 0.15) is 23.7 Å². The molecule has 5 heteroatoms. The number of nitrogens with zero attached hydrogens (tertiary/aromatic N) is 2. The number of hydrogen-bond acceptors (Lipinski definition) is 1. The average Bonchev–Trinajstić information content (AvgIpc) is 2.83. The molecule has 0 bridgehead atoms. The van der Waals surface area contributed by atoms with Crippen molar-refractivity contribution in [1.82, 2.24) is 9.55 Å². The summed E-state index contributed by atoms with van der Waals surface area (Å²) in [6.07, 6.45) is 0. The van der Waals surface area contributed by atoms with Gasteiger partial charge in [0.05, 0.1) is 21.4 Å². The van der Waals surface area contributed by atoms with Gasteiger partial charge in [0, 0.05) is 10.2 Å². The number of aryl methyl sites for hydroxylation is 1. The molecule has 0 aliphatic heterocycles. The fourth-order valence-corrected chi connectivity index (χ4v) is 3.05. The van der Waals surface area contributed by atoms with Crippen LogP contribution in [-0.2, 0) is 0 Å². The van der Waals surface area contributed by atoms with Gasteiger partial charge in [-0.15, -0.1) is 11.6 Å². The van der Waals surface area contributed by atoms with E-state index in [4.69, 9.17) is 28.2 Å². The van der Waals surface area contributed by atoms with Crippen molar-refractivity contribution >= 4 is 50.2 Å². The van der Waals surface area contributed by atoms with Crippen LogP contribution < -0.4 is 0 Å². The lowest BCUT2D eigenvalue weighted by molar-refractivity contribution is 0.882. The Kier molecular flexibility index (Phi) is 4.00. The zero-order chi connectivity index (χ0) is 15.1. The number of fused-ring (bicyclic) bond motifs is 1. The first kappa shape index (κ1) is 14.9. The van der Waals surface area contributed by atoms with Gasteiger partial charge in [0.2, 0.25) is 0 Å². The van der Waals surface area contributed by atoms with Crippen molar-refractivity contribution in [3.63, 3.8) is 0 Å². The van der Waals surface area contributed by atoms with Gasteiger partial charge in [-0.2, -0.15) is 0 Å². The first-order chi connectivity index (χ1) is 9.99. The van der Waals surface area contributed by atoms with Crippen molar-refractivity contribution in [2.45, 2.75) is 19.2 Å². The van der Waals surface area contributed by atoms with Gasteiger partial charge in [-0.3, -0.25) is 4.57 Å². The highest BCUT2D eigenvalue weighted by Crippen LogP contribution is 2.32. The van der Waals surface area contributed by atoms with E-state index in [9.17, 15) is 0 Å². The molecule has 108 valence electrons. The Morgan fingerprint density at radius 1 is 1.24 bits per heavy atom. The van der Waals surface area contributed by atoms with Gasteiger partial charge in [0.1, 0.15) is 5.82 Å². The van der Waals surface area contributed by atoms with Crippen LogP contribution in [0.25, 0.3) is 16.7 Å². The minimum absolute atomic E-state index is 0.189. The fraction of sp³-hybridized carbons (Fsp3) is 0.188. The molecule has 0 saturated carbocycles. The monoisotopic (exact) mass is 382 g/mol. The number of para-hydroxylation sites is 1. The molecule has 0 spiro atoms. The van der Waals surface area contributed by atoms with Crippen molar-refractivity contribution in [1.29, 1.82) is 0 Å². The number of hydrogen-bond donors (Lipinski definition) is 0. The summed E-state index contributed by atoms with van der Waals surface area (Å²) in [4.78, 5) is 4.72. The molecule has 1 heterocycles. The normalized spacial score (nSPS) is 12.8. The second kappa shape index (κ2) is 5.64. The molecule has 1 atom stereocenters. The van der Waals surface area contributed by atoms with E-state index < -0.39 is 0 Å². The number of alkyl halides is 1. The standard InChI is InChI=1S/C16H13BrCl2N2/c1-9-4-3-5-14-15(9)20-16(10(2)18)21(14)11-6-7-13(19)12(17)8-11/h3-8,10H,1-2H3. The summed E-state index contributed by atoms with van der Waals surface area (Å²) in [7, 11) is 0. The summed E-state index contributed by atoms with van der Waals surface area (Å²) >= 11 is 15.9. The maximum atomic E-state index is 6.33. The third kappa shape index (κ3) is 2.59. The Morgan fingerprint density at radius 2 is 2.00 bits per heavy atom. The zero-order valence-corrected chi connectivity index (χ0v) is 14.7. The van der Waals surface area contributed by atoms with E-state index in [1.54, 1.807) is 0 Å². The molecule has 0 N–H and O–H groups in total. The van der Waals surface area contributed by atoms with Gasteiger partial charge in [0.25, 0.3) is 0 Å². The molecule has 21 heavy (non-hydrogen) atoms. The Morgan fingerprint density at radius 3 is 2.67 bits per heavy atom. The van der Waals surface area contributed by atoms with Gasteiger partial charge < -0.3 is 0 Å². The topological polar surface area (TPSA) is 17.8 Å². The summed E-state index contributed by atoms with van der Waals surface area (Å²) in [5, 5.41) is 0.492. The number of rotatable bonds is 2. The van der Waals surface area contributed by atoms with Crippen LogP contribution in [0.2, 0.25) is 5.02 Å². The lowest BCUT2D eigenvalue weighted by Crippen LogP contribution is -2.01. The Hall–Kier alpha value is -1.03. The highest BCUT2D eigenvalue weighted by atomic mass is 79.9. The second-order valence-corrected chi connectivity index (χ2v) is 6.88. The van der Waals surface area contributed by atoms with Crippen molar-refractivity contribution in [3.05, 3.63) is 57.3 Å². The van der Waals surface area contributed by atoms with Gasteiger partial charge >= 0.3 is 0 Å². The molecule has 2 aromatic carbocycles. The van der Waals surface area contributed by atoms with Gasteiger partial charge in [0.15, 0.2) is 0 Å². The largest absolute Gasteiger partial charge is 0.295 e. The van der Waals surface area contributed by atoms with Crippen molar-refractivity contribution in [3.8, 4) is 5.69 Å². The summed E-state index contributed by atoms with van der Waals surface area (Å²) in [6.45, 7) is 3.99. The van der Waals surface area contributed by atoms with Crippen LogP contribution in [0.5, 0.6) is 0 Å². The molecule has 2 nitrogen and oxygen atoms in total. The molecule has 3 rings (SSSR count). The molecule has 0 saturated heterocycles. The number of imidazole rings is 1. The van der Waals surface area contributed by atoms with E-state index in [1.807, 2.05) is 31.2 Å². The number of halogens is 3. The molecule has 1 unspecified atom stereocenters. The predicted molar refractivity (Wildman–Crippen MR) is 92.8 cm³/mol. The number of aromatic nitrogens is 2.